The van der Waals surface area contributed by atoms with Gasteiger partial charge >= 0.3 is 5.97 Å². The summed E-state index contributed by atoms with van der Waals surface area (Å²) in [6.45, 7) is 3.30. The van der Waals surface area contributed by atoms with Crippen molar-refractivity contribution in [2.45, 2.75) is 20.0 Å². The van der Waals surface area contributed by atoms with Gasteiger partial charge < -0.3 is 9.26 Å². The first kappa shape index (κ1) is 17.5. The van der Waals surface area contributed by atoms with Crippen molar-refractivity contribution >= 4 is 12.0 Å². The SMILES string of the molecule is Cc1ccc(-c2noc(C(C)OC(=O)/C=C/c3ccccc3)n2)cc1F. The third kappa shape index (κ3) is 4.22. The van der Waals surface area contributed by atoms with Crippen LogP contribution in [-0.4, -0.2) is 16.1 Å². The van der Waals surface area contributed by atoms with E-state index in [0.717, 1.165) is 5.56 Å². The first-order valence-corrected chi connectivity index (χ1v) is 8.07. The van der Waals surface area contributed by atoms with E-state index >= 15 is 0 Å². The standard InChI is InChI=1S/C20H17FN2O3/c1-13-8-10-16(12-17(13)21)19-22-20(26-23-19)14(2)25-18(24)11-9-15-6-4-3-5-7-15/h3-12,14H,1-2H3/b11-9+. The van der Waals surface area contributed by atoms with Crippen LogP contribution in [0.2, 0.25) is 0 Å². The van der Waals surface area contributed by atoms with Crippen molar-refractivity contribution in [3.63, 3.8) is 0 Å². The average Bonchev–Trinajstić information content (AvgIpc) is 3.13. The fourth-order valence-electron chi connectivity index (χ4n) is 2.24. The molecule has 26 heavy (non-hydrogen) atoms. The van der Waals surface area contributed by atoms with E-state index in [2.05, 4.69) is 10.1 Å². The Hall–Kier alpha value is -3.28. The number of esters is 1. The topological polar surface area (TPSA) is 65.2 Å². The highest BCUT2D eigenvalue weighted by Gasteiger charge is 2.18. The lowest BCUT2D eigenvalue weighted by molar-refractivity contribution is -0.143. The molecule has 0 radical (unpaired) electrons. The number of hydrogen-bond acceptors (Lipinski definition) is 5. The largest absolute Gasteiger partial charge is 0.449 e. The lowest BCUT2D eigenvalue weighted by atomic mass is 10.1. The molecule has 0 bridgehead atoms. The number of rotatable bonds is 5. The molecule has 5 nitrogen and oxygen atoms in total. The molecule has 1 heterocycles. The number of aryl methyl sites for hydroxylation is 1. The summed E-state index contributed by atoms with van der Waals surface area (Å²) in [5.41, 5.74) is 1.91. The van der Waals surface area contributed by atoms with E-state index in [0.29, 0.717) is 11.1 Å². The summed E-state index contributed by atoms with van der Waals surface area (Å²) in [7, 11) is 0. The van der Waals surface area contributed by atoms with Gasteiger partial charge in [-0.3, -0.25) is 0 Å². The van der Waals surface area contributed by atoms with E-state index < -0.39 is 12.1 Å². The monoisotopic (exact) mass is 352 g/mol. The van der Waals surface area contributed by atoms with Crippen molar-refractivity contribution in [2.75, 3.05) is 0 Å². The lowest BCUT2D eigenvalue weighted by Crippen LogP contribution is -2.06. The van der Waals surface area contributed by atoms with Crippen LogP contribution in [-0.2, 0) is 9.53 Å². The van der Waals surface area contributed by atoms with Crippen LogP contribution in [0.4, 0.5) is 4.39 Å². The van der Waals surface area contributed by atoms with E-state index in [1.165, 1.54) is 12.1 Å². The van der Waals surface area contributed by atoms with Gasteiger partial charge in [-0.1, -0.05) is 47.6 Å². The number of halogens is 1. The van der Waals surface area contributed by atoms with E-state index in [4.69, 9.17) is 9.26 Å². The van der Waals surface area contributed by atoms with Gasteiger partial charge in [-0.15, -0.1) is 0 Å². The summed E-state index contributed by atoms with van der Waals surface area (Å²) in [6.07, 6.45) is 2.27. The molecule has 0 aliphatic rings. The Morgan fingerprint density at radius 1 is 1.23 bits per heavy atom. The molecule has 1 atom stereocenters. The molecule has 6 heteroatoms. The van der Waals surface area contributed by atoms with Crippen molar-refractivity contribution in [3.8, 4) is 11.4 Å². The lowest BCUT2D eigenvalue weighted by Gasteiger charge is -2.06. The van der Waals surface area contributed by atoms with E-state index in [9.17, 15) is 9.18 Å². The zero-order valence-corrected chi connectivity index (χ0v) is 14.3. The quantitative estimate of drug-likeness (QED) is 0.500. The maximum Gasteiger partial charge on any atom is 0.331 e. The van der Waals surface area contributed by atoms with Gasteiger partial charge in [0.1, 0.15) is 5.82 Å². The van der Waals surface area contributed by atoms with Crippen molar-refractivity contribution < 1.29 is 18.4 Å². The third-order valence-corrected chi connectivity index (χ3v) is 3.72. The fourth-order valence-corrected chi connectivity index (χ4v) is 2.24. The van der Waals surface area contributed by atoms with Gasteiger partial charge in [-0.05, 0) is 37.1 Å². The van der Waals surface area contributed by atoms with Crippen molar-refractivity contribution in [1.82, 2.24) is 10.1 Å². The van der Waals surface area contributed by atoms with Gasteiger partial charge in [0.05, 0.1) is 0 Å². The molecule has 0 aliphatic heterocycles. The third-order valence-electron chi connectivity index (χ3n) is 3.72. The zero-order chi connectivity index (χ0) is 18.5. The molecular formula is C20H17FN2O3. The Bertz CT molecular complexity index is 935. The fraction of sp³-hybridized carbons (Fsp3) is 0.150. The highest BCUT2D eigenvalue weighted by atomic mass is 19.1. The van der Waals surface area contributed by atoms with Gasteiger partial charge in [-0.2, -0.15) is 4.98 Å². The normalized spacial score (nSPS) is 12.3. The molecule has 132 valence electrons. The Labute approximate surface area is 150 Å². The zero-order valence-electron chi connectivity index (χ0n) is 14.3. The molecule has 3 rings (SSSR count). The summed E-state index contributed by atoms with van der Waals surface area (Å²) in [5, 5.41) is 3.82. The minimum Gasteiger partial charge on any atom is -0.449 e. The van der Waals surface area contributed by atoms with Crippen LogP contribution in [0, 0.1) is 12.7 Å². The second-order valence-corrected chi connectivity index (χ2v) is 5.74. The van der Waals surface area contributed by atoms with Gasteiger partial charge in [0.15, 0.2) is 6.10 Å². The van der Waals surface area contributed by atoms with Crippen LogP contribution < -0.4 is 0 Å². The van der Waals surface area contributed by atoms with Crippen LogP contribution in [0.5, 0.6) is 0 Å². The average molecular weight is 352 g/mol. The predicted octanol–water partition coefficient (Wildman–Crippen LogP) is 4.50. The van der Waals surface area contributed by atoms with E-state index in [1.807, 2.05) is 30.3 Å². The Morgan fingerprint density at radius 3 is 2.73 bits per heavy atom. The predicted molar refractivity (Wildman–Crippen MR) is 94.4 cm³/mol. The summed E-state index contributed by atoms with van der Waals surface area (Å²) >= 11 is 0. The summed E-state index contributed by atoms with van der Waals surface area (Å²) in [4.78, 5) is 16.1. The maximum atomic E-state index is 13.7. The smallest absolute Gasteiger partial charge is 0.331 e. The Balaban J connectivity index is 1.66. The first-order chi connectivity index (χ1) is 12.5. The van der Waals surface area contributed by atoms with Gasteiger partial charge in [-0.25, -0.2) is 9.18 Å². The Morgan fingerprint density at radius 2 is 2.00 bits per heavy atom. The van der Waals surface area contributed by atoms with Gasteiger partial charge in [0, 0.05) is 11.6 Å². The molecule has 0 saturated heterocycles. The molecule has 0 fully saturated rings. The van der Waals surface area contributed by atoms with Crippen molar-refractivity contribution in [1.29, 1.82) is 0 Å². The number of benzene rings is 2. The molecule has 0 spiro atoms. The molecule has 1 aromatic heterocycles. The summed E-state index contributed by atoms with van der Waals surface area (Å²) < 4.78 is 24.0. The van der Waals surface area contributed by atoms with E-state index in [-0.39, 0.29) is 17.5 Å². The van der Waals surface area contributed by atoms with E-state index in [1.54, 1.807) is 32.1 Å². The van der Waals surface area contributed by atoms with Gasteiger partial charge in [0.2, 0.25) is 5.82 Å². The summed E-state index contributed by atoms with van der Waals surface area (Å²) in [5.74, 6) is -0.495. The van der Waals surface area contributed by atoms with Crippen LogP contribution in [0.15, 0.2) is 59.1 Å². The molecule has 3 aromatic rings. The summed E-state index contributed by atoms with van der Waals surface area (Å²) in [6, 6.07) is 14.1. The number of nitrogens with zero attached hydrogens (tertiary/aromatic N) is 2. The molecule has 0 amide bonds. The van der Waals surface area contributed by atoms with Crippen LogP contribution in [0.3, 0.4) is 0 Å². The molecule has 1 unspecified atom stereocenters. The maximum absolute atomic E-state index is 13.7. The number of ether oxygens (including phenoxy) is 1. The molecule has 0 N–H and O–H groups in total. The first-order valence-electron chi connectivity index (χ1n) is 8.07. The second-order valence-electron chi connectivity index (χ2n) is 5.74. The second kappa shape index (κ2) is 7.74. The number of hydrogen-bond donors (Lipinski definition) is 0. The van der Waals surface area contributed by atoms with Crippen molar-refractivity contribution in [2.24, 2.45) is 0 Å². The molecule has 0 aliphatic carbocycles. The highest BCUT2D eigenvalue weighted by molar-refractivity contribution is 5.87. The number of aromatic nitrogens is 2. The van der Waals surface area contributed by atoms with Crippen LogP contribution in [0.25, 0.3) is 17.5 Å². The molecule has 2 aromatic carbocycles. The highest BCUT2D eigenvalue weighted by Crippen LogP contribution is 2.22. The molecule has 0 saturated carbocycles. The minimum absolute atomic E-state index is 0.141. The van der Waals surface area contributed by atoms with Crippen LogP contribution >= 0.6 is 0 Å². The minimum atomic E-state index is -0.723. The van der Waals surface area contributed by atoms with Crippen LogP contribution in [0.1, 0.15) is 30.0 Å². The van der Waals surface area contributed by atoms with Crippen molar-refractivity contribution in [3.05, 3.63) is 77.4 Å². The number of carbonyl (C=O) groups excluding carboxylic acids is 1. The number of carbonyl (C=O) groups is 1. The Kier molecular flexibility index (Phi) is 5.22. The molecular weight excluding hydrogens is 335 g/mol. The van der Waals surface area contributed by atoms with Gasteiger partial charge in [0.25, 0.3) is 5.89 Å².